The zero-order valence-electron chi connectivity index (χ0n) is 18.9. The van der Waals surface area contributed by atoms with E-state index in [1.54, 1.807) is 35.1 Å². The first-order valence-corrected chi connectivity index (χ1v) is 11.7. The molecule has 0 saturated carbocycles. The van der Waals surface area contributed by atoms with E-state index < -0.39 is 17.8 Å². The molecule has 1 aliphatic rings. The third-order valence-electron chi connectivity index (χ3n) is 5.38. The topological polar surface area (TPSA) is 104 Å². The molecular weight excluding hydrogens is 468 g/mol. The number of hydrogen-bond acceptors (Lipinski definition) is 8. The van der Waals surface area contributed by atoms with E-state index >= 15 is 0 Å². The summed E-state index contributed by atoms with van der Waals surface area (Å²) in [6.07, 6.45) is 3.57. The normalized spacial score (nSPS) is 12.7. The van der Waals surface area contributed by atoms with Crippen LogP contribution in [0.4, 0.5) is 5.69 Å². The largest absolute Gasteiger partial charge is 0.494 e. The second kappa shape index (κ2) is 9.15. The Labute approximate surface area is 204 Å². The summed E-state index contributed by atoms with van der Waals surface area (Å²) in [5.74, 6) is -0.905. The number of imide groups is 1. The molecule has 2 amide bonds. The first-order chi connectivity index (χ1) is 16.9. The zero-order valence-corrected chi connectivity index (χ0v) is 19.7. The van der Waals surface area contributed by atoms with E-state index in [0.29, 0.717) is 23.7 Å². The van der Waals surface area contributed by atoms with Gasteiger partial charge < -0.3 is 9.47 Å². The van der Waals surface area contributed by atoms with Crippen LogP contribution in [0.15, 0.2) is 60.2 Å². The molecule has 0 aliphatic carbocycles. The number of rotatable bonds is 7. The van der Waals surface area contributed by atoms with Crippen molar-refractivity contribution >= 4 is 34.8 Å². The molecule has 10 heteroatoms. The van der Waals surface area contributed by atoms with Crippen LogP contribution < -0.4 is 9.64 Å². The number of esters is 1. The second-order valence-electron chi connectivity index (χ2n) is 7.76. The Kier molecular flexibility index (Phi) is 5.87. The zero-order chi connectivity index (χ0) is 24.5. The average Bonchev–Trinajstić information content (AvgIpc) is 3.57. The lowest BCUT2D eigenvalue weighted by Crippen LogP contribution is -2.29. The number of hydrogen-bond donors (Lipinski definition) is 0. The Bertz CT molecular complexity index is 1440. The predicted molar refractivity (Wildman–Crippen MR) is 129 cm³/mol. The maximum Gasteiger partial charge on any atom is 0.338 e. The molecule has 35 heavy (non-hydrogen) atoms. The lowest BCUT2D eigenvalue weighted by atomic mass is 10.1. The number of anilines is 1. The summed E-state index contributed by atoms with van der Waals surface area (Å²) >= 11 is 1.43. The van der Waals surface area contributed by atoms with Crippen LogP contribution in [0.2, 0.25) is 0 Å². The summed E-state index contributed by atoms with van der Waals surface area (Å²) in [5.41, 5.74) is 2.50. The van der Waals surface area contributed by atoms with E-state index in [1.165, 1.54) is 29.5 Å². The third-order valence-corrected chi connectivity index (χ3v) is 6.32. The van der Waals surface area contributed by atoms with E-state index in [-0.39, 0.29) is 23.3 Å². The number of amides is 2. The number of ether oxygens (including phenoxy) is 2. The van der Waals surface area contributed by atoms with Gasteiger partial charge in [0.05, 0.1) is 40.9 Å². The van der Waals surface area contributed by atoms with Crippen LogP contribution in [0.25, 0.3) is 10.6 Å². The molecular formula is C25H20N4O5S. The fourth-order valence-corrected chi connectivity index (χ4v) is 4.50. The minimum atomic E-state index is -0.608. The fourth-order valence-electron chi connectivity index (χ4n) is 3.72. The van der Waals surface area contributed by atoms with Gasteiger partial charge in [-0.15, -0.1) is 11.3 Å². The Hall–Kier alpha value is -4.31. The number of fused-ring (bicyclic) bond motifs is 1. The van der Waals surface area contributed by atoms with Crippen LogP contribution in [0.5, 0.6) is 5.75 Å². The Balaban J connectivity index is 1.29. The maximum absolute atomic E-state index is 13.0. The predicted octanol–water partition coefficient (Wildman–Crippen LogP) is 4.10. The lowest BCUT2D eigenvalue weighted by molar-refractivity contribution is 0.0468. The van der Waals surface area contributed by atoms with Crippen LogP contribution in [0.1, 0.15) is 43.7 Å². The summed E-state index contributed by atoms with van der Waals surface area (Å²) in [5, 5.41) is 6.72. The van der Waals surface area contributed by atoms with Crippen molar-refractivity contribution in [2.45, 2.75) is 13.5 Å². The van der Waals surface area contributed by atoms with Crippen LogP contribution in [0.3, 0.4) is 0 Å². The van der Waals surface area contributed by atoms with Gasteiger partial charge in [0.2, 0.25) is 0 Å². The molecule has 2 aromatic carbocycles. The van der Waals surface area contributed by atoms with Crippen molar-refractivity contribution < 1.29 is 23.9 Å². The molecule has 0 fully saturated rings. The van der Waals surface area contributed by atoms with Crippen molar-refractivity contribution in [3.63, 3.8) is 0 Å². The van der Waals surface area contributed by atoms with E-state index in [9.17, 15) is 14.4 Å². The van der Waals surface area contributed by atoms with Crippen molar-refractivity contribution in [2.75, 3.05) is 11.5 Å². The third kappa shape index (κ3) is 4.31. The van der Waals surface area contributed by atoms with E-state index in [0.717, 1.165) is 15.5 Å². The van der Waals surface area contributed by atoms with Crippen molar-refractivity contribution in [1.29, 1.82) is 0 Å². The van der Waals surface area contributed by atoms with Crippen molar-refractivity contribution in [3.05, 3.63) is 82.6 Å². The molecule has 0 spiro atoms. The van der Waals surface area contributed by atoms with Crippen molar-refractivity contribution in [2.24, 2.45) is 7.05 Å². The van der Waals surface area contributed by atoms with Gasteiger partial charge in [0.1, 0.15) is 17.4 Å². The molecule has 0 radical (unpaired) electrons. The number of carbonyl (C=O) groups is 3. The van der Waals surface area contributed by atoms with Gasteiger partial charge in [0.15, 0.2) is 0 Å². The maximum atomic E-state index is 13.0. The van der Waals surface area contributed by atoms with Gasteiger partial charge in [-0.25, -0.2) is 14.7 Å². The number of nitrogens with zero attached hydrogens (tertiary/aromatic N) is 4. The molecule has 176 valence electrons. The van der Waals surface area contributed by atoms with Crippen LogP contribution in [0, 0.1) is 0 Å². The highest BCUT2D eigenvalue weighted by Crippen LogP contribution is 2.30. The first kappa shape index (κ1) is 22.5. The average molecular weight is 489 g/mol. The van der Waals surface area contributed by atoms with Crippen molar-refractivity contribution in [3.8, 4) is 16.3 Å². The number of carbonyl (C=O) groups excluding carboxylic acids is 3. The number of benzene rings is 2. The molecule has 0 bridgehead atoms. The van der Waals surface area contributed by atoms with Crippen molar-refractivity contribution in [1.82, 2.24) is 14.8 Å². The molecule has 2 aromatic heterocycles. The monoisotopic (exact) mass is 488 g/mol. The van der Waals surface area contributed by atoms with E-state index in [1.807, 2.05) is 25.5 Å². The van der Waals surface area contributed by atoms with Gasteiger partial charge in [-0.05, 0) is 49.4 Å². The fraction of sp³-hybridized carbons (Fsp3) is 0.160. The molecule has 0 atom stereocenters. The lowest BCUT2D eigenvalue weighted by Gasteiger charge is -2.14. The molecule has 0 saturated heterocycles. The molecule has 1 aliphatic heterocycles. The number of aryl methyl sites for hydroxylation is 1. The van der Waals surface area contributed by atoms with Gasteiger partial charge in [0, 0.05) is 24.2 Å². The molecule has 0 N–H and O–H groups in total. The summed E-state index contributed by atoms with van der Waals surface area (Å²) < 4.78 is 12.5. The first-order valence-electron chi connectivity index (χ1n) is 10.8. The van der Waals surface area contributed by atoms with E-state index in [4.69, 9.17) is 9.47 Å². The highest BCUT2D eigenvalue weighted by molar-refractivity contribution is 7.13. The van der Waals surface area contributed by atoms with Gasteiger partial charge in [-0.2, -0.15) is 5.10 Å². The quantitative estimate of drug-likeness (QED) is 0.285. The van der Waals surface area contributed by atoms with Gasteiger partial charge in [0.25, 0.3) is 11.8 Å². The molecule has 4 aromatic rings. The van der Waals surface area contributed by atoms with Gasteiger partial charge in [-0.1, -0.05) is 0 Å². The van der Waals surface area contributed by atoms with Crippen LogP contribution in [-0.4, -0.2) is 39.2 Å². The summed E-state index contributed by atoms with van der Waals surface area (Å²) in [4.78, 5) is 44.1. The minimum absolute atomic E-state index is 0.0160. The summed E-state index contributed by atoms with van der Waals surface area (Å²) in [6, 6.07) is 11.0. The highest BCUT2D eigenvalue weighted by atomic mass is 32.1. The Morgan fingerprint density at radius 2 is 1.83 bits per heavy atom. The van der Waals surface area contributed by atoms with Gasteiger partial charge in [-0.3, -0.25) is 14.3 Å². The van der Waals surface area contributed by atoms with Crippen LogP contribution >= 0.6 is 11.3 Å². The Morgan fingerprint density at radius 1 is 1.06 bits per heavy atom. The SMILES string of the molecule is CCOc1ccc(N2C(=O)c3ccc(C(=O)OCc4csc(-c5cnn(C)c5)n4)cc3C2=O)cc1. The van der Waals surface area contributed by atoms with Gasteiger partial charge >= 0.3 is 5.97 Å². The number of thiazole rings is 1. The van der Waals surface area contributed by atoms with E-state index in [2.05, 4.69) is 10.1 Å². The summed E-state index contributed by atoms with van der Waals surface area (Å²) in [6.45, 7) is 2.37. The molecule has 9 nitrogen and oxygen atoms in total. The second-order valence-corrected chi connectivity index (χ2v) is 8.61. The molecule has 3 heterocycles. The standard InChI is InChI=1S/C25H20N4O5S/c1-3-33-19-7-5-18(6-8-19)29-23(30)20-9-4-15(10-21(20)24(29)31)25(32)34-13-17-14-35-22(27-17)16-11-26-28(2)12-16/h4-12,14H,3,13H2,1-2H3. The molecule has 0 unspecified atom stereocenters. The summed E-state index contributed by atoms with van der Waals surface area (Å²) in [7, 11) is 1.83. The molecule has 5 rings (SSSR count). The van der Waals surface area contributed by atoms with Crippen LogP contribution in [-0.2, 0) is 18.4 Å². The highest BCUT2D eigenvalue weighted by Gasteiger charge is 2.37. The Morgan fingerprint density at radius 3 is 2.54 bits per heavy atom. The number of aromatic nitrogens is 3. The smallest absolute Gasteiger partial charge is 0.338 e. The minimum Gasteiger partial charge on any atom is -0.494 e.